The first-order valence-electron chi connectivity index (χ1n) is 8.91. The van der Waals surface area contributed by atoms with Crippen molar-refractivity contribution in [1.82, 2.24) is 4.98 Å². The molecule has 0 unspecified atom stereocenters. The second-order valence-electron chi connectivity index (χ2n) is 6.83. The lowest BCUT2D eigenvalue weighted by molar-refractivity contribution is 0.101. The summed E-state index contributed by atoms with van der Waals surface area (Å²) in [4.78, 5) is 19.8. The van der Waals surface area contributed by atoms with E-state index in [9.17, 15) is 9.90 Å². The maximum absolute atomic E-state index is 12.6. The first-order chi connectivity index (χ1) is 13.6. The van der Waals surface area contributed by atoms with E-state index in [2.05, 4.69) is 34.2 Å². The molecule has 4 aromatic rings. The number of benzene rings is 3. The summed E-state index contributed by atoms with van der Waals surface area (Å²) in [5.74, 6) is -0.377. The molecular weight excluding hydrogens is 372 g/mol. The number of carbonyl (C=O) groups is 1. The van der Waals surface area contributed by atoms with Crippen molar-refractivity contribution in [2.75, 3.05) is 0 Å². The van der Waals surface area contributed by atoms with E-state index in [0.29, 0.717) is 34.0 Å². The molecule has 136 valence electrons. The third-order valence-electron chi connectivity index (χ3n) is 5.04. The SMILES string of the molecule is O=C1N=C(Cc2ccc3ccccc3c2)c2c(O)[nH]c(-c3ccc(Cl)cc3)c21. The zero-order chi connectivity index (χ0) is 19.3. The Morgan fingerprint density at radius 1 is 0.929 bits per heavy atom. The van der Waals surface area contributed by atoms with Gasteiger partial charge in [-0.15, -0.1) is 0 Å². The van der Waals surface area contributed by atoms with E-state index in [-0.39, 0.29) is 11.8 Å². The van der Waals surface area contributed by atoms with Crippen molar-refractivity contribution in [1.29, 1.82) is 0 Å². The van der Waals surface area contributed by atoms with Gasteiger partial charge in [0.2, 0.25) is 0 Å². The van der Waals surface area contributed by atoms with Crippen molar-refractivity contribution < 1.29 is 9.90 Å². The van der Waals surface area contributed by atoms with Crippen molar-refractivity contribution in [2.45, 2.75) is 6.42 Å². The number of carbonyl (C=O) groups excluding carboxylic acids is 1. The number of aliphatic imine (C=N–C) groups is 1. The van der Waals surface area contributed by atoms with Gasteiger partial charge in [-0.2, -0.15) is 0 Å². The van der Waals surface area contributed by atoms with Crippen LogP contribution in [0.3, 0.4) is 0 Å². The molecule has 28 heavy (non-hydrogen) atoms. The lowest BCUT2D eigenvalue weighted by atomic mass is 9.98. The van der Waals surface area contributed by atoms with E-state index < -0.39 is 0 Å². The Labute approximate surface area is 166 Å². The summed E-state index contributed by atoms with van der Waals surface area (Å²) in [5, 5.41) is 13.4. The lowest BCUT2D eigenvalue weighted by Gasteiger charge is -2.04. The largest absolute Gasteiger partial charge is 0.494 e. The molecule has 0 aliphatic carbocycles. The van der Waals surface area contributed by atoms with Crippen LogP contribution in [-0.4, -0.2) is 21.7 Å². The van der Waals surface area contributed by atoms with Gasteiger partial charge < -0.3 is 10.1 Å². The third kappa shape index (κ3) is 2.70. The van der Waals surface area contributed by atoms with Crippen LogP contribution in [0.4, 0.5) is 0 Å². The van der Waals surface area contributed by atoms with Gasteiger partial charge in [0.25, 0.3) is 5.91 Å². The second-order valence-corrected chi connectivity index (χ2v) is 7.26. The topological polar surface area (TPSA) is 65.4 Å². The summed E-state index contributed by atoms with van der Waals surface area (Å²) < 4.78 is 0. The van der Waals surface area contributed by atoms with E-state index in [1.807, 2.05) is 30.3 Å². The molecule has 5 rings (SSSR count). The zero-order valence-electron chi connectivity index (χ0n) is 14.7. The van der Waals surface area contributed by atoms with Crippen LogP contribution < -0.4 is 0 Å². The minimum atomic E-state index is -0.340. The molecule has 0 atom stereocenters. The highest BCUT2D eigenvalue weighted by molar-refractivity contribution is 6.30. The molecule has 2 N–H and O–H groups in total. The molecule has 1 aromatic heterocycles. The lowest BCUT2D eigenvalue weighted by Crippen LogP contribution is -2.02. The number of H-pyrrole nitrogens is 1. The molecule has 3 aromatic carbocycles. The van der Waals surface area contributed by atoms with Crippen molar-refractivity contribution in [3.05, 3.63) is 88.4 Å². The predicted octanol–water partition coefficient (Wildman–Crippen LogP) is 5.38. The van der Waals surface area contributed by atoms with Crippen molar-refractivity contribution in [3.8, 4) is 17.1 Å². The zero-order valence-corrected chi connectivity index (χ0v) is 15.5. The minimum absolute atomic E-state index is 0.0367. The number of aromatic hydroxyl groups is 1. The Balaban J connectivity index is 1.54. The number of halogens is 1. The number of nitrogens with one attached hydrogen (secondary N) is 1. The third-order valence-corrected chi connectivity index (χ3v) is 5.29. The molecule has 1 amide bonds. The van der Waals surface area contributed by atoms with Crippen LogP contribution in [0.15, 0.2) is 71.7 Å². The molecule has 1 aliphatic rings. The van der Waals surface area contributed by atoms with E-state index in [1.165, 1.54) is 0 Å². The highest BCUT2D eigenvalue weighted by atomic mass is 35.5. The molecule has 1 aliphatic heterocycles. The van der Waals surface area contributed by atoms with Gasteiger partial charge in [0.15, 0.2) is 5.88 Å². The van der Waals surface area contributed by atoms with Gasteiger partial charge in [-0.05, 0) is 34.0 Å². The molecular formula is C23H15ClN2O2. The second kappa shape index (κ2) is 6.36. The predicted molar refractivity (Wildman–Crippen MR) is 111 cm³/mol. The van der Waals surface area contributed by atoms with Gasteiger partial charge in [0.05, 0.1) is 22.5 Å². The number of hydrogen-bond acceptors (Lipinski definition) is 2. The van der Waals surface area contributed by atoms with Crippen LogP contribution in [0.5, 0.6) is 5.88 Å². The molecule has 0 spiro atoms. The molecule has 0 saturated carbocycles. The Kier molecular flexibility index (Phi) is 3.81. The summed E-state index contributed by atoms with van der Waals surface area (Å²) in [6, 6.07) is 21.4. The maximum atomic E-state index is 12.6. The highest BCUT2D eigenvalue weighted by Gasteiger charge is 2.32. The Hall–Kier alpha value is -3.37. The number of fused-ring (bicyclic) bond motifs is 2. The van der Waals surface area contributed by atoms with Crippen molar-refractivity contribution in [3.63, 3.8) is 0 Å². The highest BCUT2D eigenvalue weighted by Crippen LogP contribution is 2.37. The standard InChI is InChI=1S/C23H15ClN2O2/c24-17-9-7-15(8-10-17)21-20-19(22(27)26-21)18(25-23(20)28)12-13-5-6-14-3-1-2-4-16(14)11-13/h1-11,26-27H,12H2. The first-order valence-corrected chi connectivity index (χ1v) is 9.29. The fourth-order valence-corrected chi connectivity index (χ4v) is 3.85. The first kappa shape index (κ1) is 16.8. The summed E-state index contributed by atoms with van der Waals surface area (Å²) in [6.45, 7) is 0. The average Bonchev–Trinajstić information content (AvgIpc) is 3.21. The Morgan fingerprint density at radius 2 is 1.68 bits per heavy atom. The van der Waals surface area contributed by atoms with Crippen LogP contribution in [0, 0.1) is 0 Å². The quantitative estimate of drug-likeness (QED) is 0.496. The van der Waals surface area contributed by atoms with Crippen LogP contribution in [0.2, 0.25) is 5.02 Å². The Bertz CT molecular complexity index is 1270. The number of aromatic nitrogens is 1. The van der Waals surface area contributed by atoms with Gasteiger partial charge in [-0.3, -0.25) is 4.79 Å². The van der Waals surface area contributed by atoms with E-state index in [1.54, 1.807) is 12.1 Å². The minimum Gasteiger partial charge on any atom is -0.494 e. The number of hydrogen-bond donors (Lipinski definition) is 2. The number of amides is 1. The summed E-state index contributed by atoms with van der Waals surface area (Å²) in [7, 11) is 0. The molecule has 2 heterocycles. The fourth-order valence-electron chi connectivity index (χ4n) is 3.72. The average molecular weight is 387 g/mol. The van der Waals surface area contributed by atoms with E-state index in [0.717, 1.165) is 21.9 Å². The van der Waals surface area contributed by atoms with E-state index >= 15 is 0 Å². The molecule has 0 bridgehead atoms. The Morgan fingerprint density at radius 3 is 2.46 bits per heavy atom. The van der Waals surface area contributed by atoms with Crippen molar-refractivity contribution in [2.24, 2.45) is 4.99 Å². The normalized spacial score (nSPS) is 13.0. The maximum Gasteiger partial charge on any atom is 0.280 e. The molecule has 5 heteroatoms. The van der Waals surface area contributed by atoms with Gasteiger partial charge in [0, 0.05) is 11.4 Å². The van der Waals surface area contributed by atoms with Crippen molar-refractivity contribution >= 4 is 34.0 Å². The van der Waals surface area contributed by atoms with Crippen LogP contribution >= 0.6 is 11.6 Å². The van der Waals surface area contributed by atoms with Gasteiger partial charge in [0.1, 0.15) is 0 Å². The number of nitrogens with zero attached hydrogens (tertiary/aromatic N) is 1. The van der Waals surface area contributed by atoms with E-state index in [4.69, 9.17) is 11.6 Å². The monoisotopic (exact) mass is 386 g/mol. The smallest absolute Gasteiger partial charge is 0.280 e. The summed E-state index contributed by atoms with van der Waals surface area (Å²) >= 11 is 5.96. The summed E-state index contributed by atoms with van der Waals surface area (Å²) in [6.07, 6.45) is 0.467. The molecule has 0 radical (unpaired) electrons. The molecule has 0 saturated heterocycles. The van der Waals surface area contributed by atoms with Crippen LogP contribution in [0.25, 0.3) is 22.0 Å². The fraction of sp³-hybridized carbons (Fsp3) is 0.0435. The molecule has 4 nitrogen and oxygen atoms in total. The number of rotatable bonds is 3. The van der Waals surface area contributed by atoms with Gasteiger partial charge in [-0.25, -0.2) is 4.99 Å². The van der Waals surface area contributed by atoms with Gasteiger partial charge >= 0.3 is 0 Å². The number of aromatic amines is 1. The van der Waals surface area contributed by atoms with Gasteiger partial charge in [-0.1, -0.05) is 66.2 Å². The van der Waals surface area contributed by atoms with Crippen LogP contribution in [0.1, 0.15) is 21.5 Å². The van der Waals surface area contributed by atoms with Crippen LogP contribution in [-0.2, 0) is 6.42 Å². The summed E-state index contributed by atoms with van der Waals surface area (Å²) in [5.41, 5.74) is 3.84. The molecule has 0 fully saturated rings.